The molecule has 1 amide bonds. The lowest BCUT2D eigenvalue weighted by Gasteiger charge is -2.21. The lowest BCUT2D eigenvalue weighted by molar-refractivity contribution is -0.137. The highest BCUT2D eigenvalue weighted by atomic mass is 19.4. The molecule has 1 aliphatic rings. The third kappa shape index (κ3) is 3.84. The maximum absolute atomic E-state index is 13.0. The normalized spacial score (nSPS) is 14.1. The molecule has 9 heteroatoms. The van der Waals surface area contributed by atoms with Crippen molar-refractivity contribution in [3.8, 4) is 17.3 Å². The van der Waals surface area contributed by atoms with Gasteiger partial charge in [0.2, 0.25) is 5.88 Å². The van der Waals surface area contributed by atoms with Crippen LogP contribution in [0.1, 0.15) is 21.5 Å². The van der Waals surface area contributed by atoms with Gasteiger partial charge < -0.3 is 14.7 Å². The monoisotopic (exact) mass is 415 g/mol. The quantitative estimate of drug-likeness (QED) is 0.706. The van der Waals surface area contributed by atoms with E-state index >= 15 is 0 Å². The molecule has 2 heterocycles. The Hall–Kier alpha value is -3.46. The van der Waals surface area contributed by atoms with E-state index in [1.165, 1.54) is 23.2 Å². The van der Waals surface area contributed by atoms with Gasteiger partial charge >= 0.3 is 6.18 Å². The number of hydrogen-bond acceptors (Lipinski definition) is 5. The first-order chi connectivity index (χ1) is 14.4. The summed E-state index contributed by atoms with van der Waals surface area (Å²) in [6, 6.07) is 11.5. The summed E-state index contributed by atoms with van der Waals surface area (Å²) in [5, 5.41) is 9.29. The molecule has 3 aromatic rings. The second kappa shape index (κ2) is 7.75. The molecule has 0 bridgehead atoms. The summed E-state index contributed by atoms with van der Waals surface area (Å²) < 4.78 is 44.7. The van der Waals surface area contributed by atoms with Gasteiger partial charge in [0.25, 0.3) is 5.91 Å². The summed E-state index contributed by atoms with van der Waals surface area (Å²) in [5.41, 5.74) is 0.657. The maximum Gasteiger partial charge on any atom is 0.416 e. The van der Waals surface area contributed by atoms with Crippen LogP contribution in [-0.2, 0) is 12.8 Å². The molecule has 0 saturated heterocycles. The van der Waals surface area contributed by atoms with E-state index in [2.05, 4.69) is 9.97 Å². The van der Waals surface area contributed by atoms with Crippen molar-refractivity contribution >= 4 is 11.6 Å². The molecule has 1 N–H and O–H groups in total. The first kappa shape index (κ1) is 19.8. The molecule has 6 nitrogen and oxygen atoms in total. The Morgan fingerprint density at radius 1 is 1.13 bits per heavy atom. The number of nitrogens with zero attached hydrogens (tertiary/aromatic N) is 3. The Balaban J connectivity index is 1.69. The van der Waals surface area contributed by atoms with E-state index in [9.17, 15) is 23.1 Å². The number of carbonyl (C=O) groups excluding carboxylic acids is 1. The average Bonchev–Trinajstić information content (AvgIpc) is 2.91. The summed E-state index contributed by atoms with van der Waals surface area (Å²) in [6.45, 7) is -0.0202. The minimum Gasteiger partial charge on any atom is -0.475 e. The predicted molar refractivity (Wildman–Crippen MR) is 102 cm³/mol. The van der Waals surface area contributed by atoms with Crippen LogP contribution in [0.25, 0.3) is 11.4 Å². The second-order valence-electron chi connectivity index (χ2n) is 6.62. The second-order valence-corrected chi connectivity index (χ2v) is 6.62. The number of aliphatic hydroxyl groups excluding tert-OH is 1. The molecule has 0 spiro atoms. The standard InChI is InChI=1S/C21H16F3N3O3/c22-21(23,24)15-5-2-6-16(10-15)27-7-8-30-19-17(20(27)29)11-25-18(26-19)14-4-1-3-13(9-14)12-28/h1-6,9-11,28H,7-8,12H2. The molecule has 0 fully saturated rings. The molecular formula is C21H16F3N3O3. The highest BCUT2D eigenvalue weighted by Gasteiger charge is 2.32. The number of alkyl halides is 3. The summed E-state index contributed by atoms with van der Waals surface area (Å²) >= 11 is 0. The predicted octanol–water partition coefficient (Wildman–Crippen LogP) is 3.69. The minimum atomic E-state index is -4.51. The number of carbonyl (C=O) groups is 1. The van der Waals surface area contributed by atoms with Gasteiger partial charge in [0, 0.05) is 17.4 Å². The van der Waals surface area contributed by atoms with E-state index < -0.39 is 17.6 Å². The van der Waals surface area contributed by atoms with Gasteiger partial charge in [-0.1, -0.05) is 24.3 Å². The van der Waals surface area contributed by atoms with Crippen molar-refractivity contribution in [2.45, 2.75) is 12.8 Å². The van der Waals surface area contributed by atoms with Crippen LogP contribution in [0.4, 0.5) is 18.9 Å². The molecule has 2 aromatic carbocycles. The summed E-state index contributed by atoms with van der Waals surface area (Å²) in [5.74, 6) is -0.171. The van der Waals surface area contributed by atoms with Crippen LogP contribution in [-0.4, -0.2) is 34.1 Å². The molecule has 0 unspecified atom stereocenters. The molecule has 0 atom stereocenters. The maximum atomic E-state index is 13.0. The van der Waals surface area contributed by atoms with Crippen LogP contribution >= 0.6 is 0 Å². The fourth-order valence-corrected chi connectivity index (χ4v) is 3.15. The van der Waals surface area contributed by atoms with Crippen LogP contribution in [0.15, 0.2) is 54.7 Å². The number of benzene rings is 2. The first-order valence-electron chi connectivity index (χ1n) is 9.06. The number of fused-ring (bicyclic) bond motifs is 1. The third-order valence-electron chi connectivity index (χ3n) is 4.64. The number of ether oxygens (including phenoxy) is 1. The zero-order valence-corrected chi connectivity index (χ0v) is 15.6. The molecule has 1 aliphatic heterocycles. The van der Waals surface area contributed by atoms with Crippen molar-refractivity contribution in [3.05, 3.63) is 71.4 Å². The Bertz CT molecular complexity index is 1100. The Labute approximate surface area is 169 Å². The van der Waals surface area contributed by atoms with Crippen molar-refractivity contribution in [2.24, 2.45) is 0 Å². The van der Waals surface area contributed by atoms with E-state index in [-0.39, 0.29) is 36.9 Å². The number of halogens is 3. The number of amides is 1. The average molecular weight is 415 g/mol. The minimum absolute atomic E-state index is 0.0577. The van der Waals surface area contributed by atoms with Crippen LogP contribution < -0.4 is 9.64 Å². The largest absolute Gasteiger partial charge is 0.475 e. The molecule has 30 heavy (non-hydrogen) atoms. The van der Waals surface area contributed by atoms with Gasteiger partial charge in [0.15, 0.2) is 5.82 Å². The van der Waals surface area contributed by atoms with Crippen LogP contribution in [0.5, 0.6) is 5.88 Å². The van der Waals surface area contributed by atoms with E-state index in [1.54, 1.807) is 24.3 Å². The third-order valence-corrected chi connectivity index (χ3v) is 4.64. The van der Waals surface area contributed by atoms with Crippen molar-refractivity contribution in [1.82, 2.24) is 9.97 Å². The molecule has 0 aliphatic carbocycles. The smallest absolute Gasteiger partial charge is 0.416 e. The Morgan fingerprint density at radius 2 is 1.93 bits per heavy atom. The zero-order valence-electron chi connectivity index (χ0n) is 15.6. The molecule has 154 valence electrons. The van der Waals surface area contributed by atoms with E-state index in [0.29, 0.717) is 17.0 Å². The molecule has 4 rings (SSSR count). The van der Waals surface area contributed by atoms with Crippen molar-refractivity contribution < 1.29 is 27.8 Å². The van der Waals surface area contributed by atoms with Crippen LogP contribution in [0.2, 0.25) is 0 Å². The van der Waals surface area contributed by atoms with Crippen LogP contribution in [0, 0.1) is 0 Å². The van der Waals surface area contributed by atoms with Gasteiger partial charge in [-0.3, -0.25) is 4.79 Å². The van der Waals surface area contributed by atoms with Crippen molar-refractivity contribution in [3.63, 3.8) is 0 Å². The highest BCUT2D eigenvalue weighted by Crippen LogP contribution is 2.33. The number of anilines is 1. The van der Waals surface area contributed by atoms with Gasteiger partial charge in [-0.05, 0) is 29.8 Å². The van der Waals surface area contributed by atoms with Gasteiger partial charge in [-0.25, -0.2) is 4.98 Å². The van der Waals surface area contributed by atoms with Crippen molar-refractivity contribution in [2.75, 3.05) is 18.1 Å². The molecule has 0 radical (unpaired) electrons. The summed E-state index contributed by atoms with van der Waals surface area (Å²) in [6.07, 6.45) is -3.21. The van der Waals surface area contributed by atoms with Crippen molar-refractivity contribution in [1.29, 1.82) is 0 Å². The van der Waals surface area contributed by atoms with Gasteiger partial charge in [-0.2, -0.15) is 18.2 Å². The molecule has 0 saturated carbocycles. The van der Waals surface area contributed by atoms with E-state index in [0.717, 1.165) is 12.1 Å². The lowest BCUT2D eigenvalue weighted by Crippen LogP contribution is -2.32. The number of rotatable bonds is 3. The van der Waals surface area contributed by atoms with Gasteiger partial charge in [-0.15, -0.1) is 0 Å². The summed E-state index contributed by atoms with van der Waals surface area (Å²) in [7, 11) is 0. The fourth-order valence-electron chi connectivity index (χ4n) is 3.15. The van der Waals surface area contributed by atoms with Gasteiger partial charge in [0.1, 0.15) is 12.2 Å². The zero-order chi connectivity index (χ0) is 21.3. The molecule has 1 aromatic heterocycles. The SMILES string of the molecule is O=C1c2cnc(-c3cccc(CO)c3)nc2OCCN1c1cccc(C(F)(F)F)c1. The van der Waals surface area contributed by atoms with Crippen LogP contribution in [0.3, 0.4) is 0 Å². The van der Waals surface area contributed by atoms with Gasteiger partial charge in [0.05, 0.1) is 18.7 Å². The number of hydrogen-bond donors (Lipinski definition) is 1. The number of aromatic nitrogens is 2. The van der Waals surface area contributed by atoms with E-state index in [4.69, 9.17) is 4.74 Å². The number of aliphatic hydroxyl groups is 1. The Morgan fingerprint density at radius 3 is 2.70 bits per heavy atom. The topological polar surface area (TPSA) is 75.5 Å². The summed E-state index contributed by atoms with van der Waals surface area (Å²) in [4.78, 5) is 22.7. The fraction of sp³-hybridized carbons (Fsp3) is 0.190. The lowest BCUT2D eigenvalue weighted by atomic mass is 10.1. The molecular weight excluding hydrogens is 399 g/mol. The highest BCUT2D eigenvalue weighted by molar-refractivity contribution is 6.07. The van der Waals surface area contributed by atoms with E-state index in [1.807, 2.05) is 0 Å². The first-order valence-corrected chi connectivity index (χ1v) is 9.06. The Kier molecular flexibility index (Phi) is 5.13.